The van der Waals surface area contributed by atoms with E-state index in [9.17, 15) is 4.79 Å². The number of hydrogen-bond donors (Lipinski definition) is 2. The average molecular weight is 212 g/mol. The first kappa shape index (κ1) is 12.5. The molecule has 3 N–H and O–H groups in total. The first-order valence-electron chi connectivity index (χ1n) is 6.05. The standard InChI is InChI=1S/C12H24N2O/c1-4-5-14-12(11(13)15)7-9(2)6-10(3)8-12/h9-10,14H,4-8H2,1-3H3,(H2,13,15). The quantitative estimate of drug-likeness (QED) is 0.744. The maximum absolute atomic E-state index is 11.6. The second kappa shape index (κ2) is 4.97. The monoisotopic (exact) mass is 212 g/mol. The molecule has 1 rings (SSSR count). The van der Waals surface area contributed by atoms with Gasteiger partial charge in [-0.1, -0.05) is 20.8 Å². The Balaban J connectivity index is 2.74. The van der Waals surface area contributed by atoms with Gasteiger partial charge >= 0.3 is 0 Å². The molecule has 3 heteroatoms. The normalized spacial score (nSPS) is 36.5. The number of carbonyl (C=O) groups excluding carboxylic acids is 1. The van der Waals surface area contributed by atoms with Crippen molar-refractivity contribution < 1.29 is 4.79 Å². The fourth-order valence-electron chi connectivity index (χ4n) is 2.92. The molecule has 2 atom stereocenters. The van der Waals surface area contributed by atoms with E-state index in [0.29, 0.717) is 11.8 Å². The molecule has 0 aromatic heterocycles. The van der Waals surface area contributed by atoms with Crippen molar-refractivity contribution in [1.29, 1.82) is 0 Å². The highest BCUT2D eigenvalue weighted by atomic mass is 16.1. The van der Waals surface area contributed by atoms with E-state index >= 15 is 0 Å². The van der Waals surface area contributed by atoms with Crippen molar-refractivity contribution in [2.45, 2.75) is 52.0 Å². The van der Waals surface area contributed by atoms with Crippen LogP contribution in [0.25, 0.3) is 0 Å². The van der Waals surface area contributed by atoms with Crippen molar-refractivity contribution in [3.63, 3.8) is 0 Å². The van der Waals surface area contributed by atoms with Crippen LogP contribution in [0.2, 0.25) is 0 Å². The highest BCUT2D eigenvalue weighted by Gasteiger charge is 2.41. The summed E-state index contributed by atoms with van der Waals surface area (Å²) < 4.78 is 0. The van der Waals surface area contributed by atoms with Crippen molar-refractivity contribution >= 4 is 5.91 Å². The fraction of sp³-hybridized carbons (Fsp3) is 0.917. The first-order chi connectivity index (χ1) is 7.00. The zero-order chi connectivity index (χ0) is 11.5. The number of nitrogens with two attached hydrogens (primary N) is 1. The molecule has 0 aromatic carbocycles. The molecule has 0 aromatic rings. The summed E-state index contributed by atoms with van der Waals surface area (Å²) in [4.78, 5) is 11.6. The summed E-state index contributed by atoms with van der Waals surface area (Å²) in [6.07, 6.45) is 4.04. The van der Waals surface area contributed by atoms with Crippen LogP contribution in [0.1, 0.15) is 46.5 Å². The van der Waals surface area contributed by atoms with E-state index in [2.05, 4.69) is 26.1 Å². The Bertz CT molecular complexity index is 218. The van der Waals surface area contributed by atoms with E-state index in [1.54, 1.807) is 0 Å². The van der Waals surface area contributed by atoms with Gasteiger partial charge in [-0.3, -0.25) is 4.79 Å². The van der Waals surface area contributed by atoms with E-state index in [0.717, 1.165) is 25.8 Å². The molecule has 15 heavy (non-hydrogen) atoms. The number of nitrogens with one attached hydrogen (secondary N) is 1. The zero-order valence-corrected chi connectivity index (χ0v) is 10.2. The second-order valence-corrected chi connectivity index (χ2v) is 5.23. The summed E-state index contributed by atoms with van der Waals surface area (Å²) >= 11 is 0. The zero-order valence-electron chi connectivity index (χ0n) is 10.2. The molecule has 1 amide bonds. The Hall–Kier alpha value is -0.570. The summed E-state index contributed by atoms with van der Waals surface area (Å²) in [6.45, 7) is 7.40. The Morgan fingerprint density at radius 3 is 2.33 bits per heavy atom. The number of rotatable bonds is 4. The topological polar surface area (TPSA) is 55.1 Å². The van der Waals surface area contributed by atoms with Gasteiger partial charge in [0.2, 0.25) is 5.91 Å². The predicted octanol–water partition coefficient (Wildman–Crippen LogP) is 1.67. The lowest BCUT2D eigenvalue weighted by Crippen LogP contribution is -2.59. The molecule has 0 saturated heterocycles. The van der Waals surface area contributed by atoms with Crippen molar-refractivity contribution in [3.05, 3.63) is 0 Å². The van der Waals surface area contributed by atoms with Gasteiger partial charge in [0.15, 0.2) is 0 Å². The van der Waals surface area contributed by atoms with Gasteiger partial charge in [-0.25, -0.2) is 0 Å². The van der Waals surface area contributed by atoms with E-state index in [-0.39, 0.29) is 5.91 Å². The van der Waals surface area contributed by atoms with Crippen LogP contribution < -0.4 is 11.1 Å². The minimum Gasteiger partial charge on any atom is -0.368 e. The van der Waals surface area contributed by atoms with E-state index < -0.39 is 5.54 Å². The van der Waals surface area contributed by atoms with Gasteiger partial charge in [-0.05, 0) is 44.1 Å². The highest BCUT2D eigenvalue weighted by Crippen LogP contribution is 2.35. The summed E-state index contributed by atoms with van der Waals surface area (Å²) in [5.41, 5.74) is 5.13. The molecule has 0 heterocycles. The maximum atomic E-state index is 11.6. The maximum Gasteiger partial charge on any atom is 0.237 e. The third-order valence-corrected chi connectivity index (χ3v) is 3.38. The van der Waals surface area contributed by atoms with Gasteiger partial charge in [0, 0.05) is 0 Å². The molecule has 0 aliphatic heterocycles. The molecular weight excluding hydrogens is 188 g/mol. The largest absolute Gasteiger partial charge is 0.368 e. The third kappa shape index (κ3) is 2.94. The van der Waals surface area contributed by atoms with Crippen LogP contribution in [0.5, 0.6) is 0 Å². The van der Waals surface area contributed by atoms with Gasteiger partial charge in [0.1, 0.15) is 0 Å². The van der Waals surface area contributed by atoms with Crippen LogP contribution in [0.3, 0.4) is 0 Å². The minimum atomic E-state index is -0.437. The van der Waals surface area contributed by atoms with Gasteiger partial charge < -0.3 is 11.1 Å². The van der Waals surface area contributed by atoms with Crippen LogP contribution in [0, 0.1) is 11.8 Å². The van der Waals surface area contributed by atoms with Crippen LogP contribution in [0.4, 0.5) is 0 Å². The molecular formula is C12H24N2O. The molecule has 2 unspecified atom stereocenters. The van der Waals surface area contributed by atoms with Crippen LogP contribution in [-0.2, 0) is 4.79 Å². The molecule has 0 bridgehead atoms. The molecule has 88 valence electrons. The Labute approximate surface area is 92.8 Å². The van der Waals surface area contributed by atoms with Crippen molar-refractivity contribution in [2.24, 2.45) is 17.6 Å². The SMILES string of the molecule is CCCNC1(C(N)=O)CC(C)CC(C)C1. The number of amides is 1. The van der Waals surface area contributed by atoms with Crippen LogP contribution in [-0.4, -0.2) is 18.0 Å². The molecule has 1 fully saturated rings. The van der Waals surface area contributed by atoms with Gasteiger partial charge in [0.05, 0.1) is 5.54 Å². The highest BCUT2D eigenvalue weighted by molar-refractivity contribution is 5.84. The number of primary amides is 1. The molecule has 0 radical (unpaired) electrons. The van der Waals surface area contributed by atoms with Gasteiger partial charge in [0.25, 0.3) is 0 Å². The van der Waals surface area contributed by atoms with E-state index in [4.69, 9.17) is 5.73 Å². The molecule has 3 nitrogen and oxygen atoms in total. The average Bonchev–Trinajstić information content (AvgIpc) is 2.13. The molecule has 0 spiro atoms. The number of carbonyl (C=O) groups is 1. The Morgan fingerprint density at radius 1 is 1.40 bits per heavy atom. The smallest absolute Gasteiger partial charge is 0.237 e. The molecule has 1 saturated carbocycles. The van der Waals surface area contributed by atoms with E-state index in [1.165, 1.54) is 6.42 Å². The van der Waals surface area contributed by atoms with Crippen molar-refractivity contribution in [1.82, 2.24) is 5.32 Å². The molecule has 1 aliphatic rings. The lowest BCUT2D eigenvalue weighted by Gasteiger charge is -2.41. The van der Waals surface area contributed by atoms with Gasteiger partial charge in [-0.15, -0.1) is 0 Å². The Morgan fingerprint density at radius 2 is 1.93 bits per heavy atom. The second-order valence-electron chi connectivity index (χ2n) is 5.23. The summed E-state index contributed by atoms with van der Waals surface area (Å²) in [6, 6.07) is 0. The Kier molecular flexibility index (Phi) is 4.14. The lowest BCUT2D eigenvalue weighted by atomic mass is 9.71. The lowest BCUT2D eigenvalue weighted by molar-refractivity contribution is -0.127. The fourth-order valence-corrected chi connectivity index (χ4v) is 2.92. The number of hydrogen-bond acceptors (Lipinski definition) is 2. The minimum absolute atomic E-state index is 0.172. The first-order valence-corrected chi connectivity index (χ1v) is 6.05. The third-order valence-electron chi connectivity index (χ3n) is 3.38. The summed E-state index contributed by atoms with van der Waals surface area (Å²) in [7, 11) is 0. The van der Waals surface area contributed by atoms with Crippen LogP contribution in [0.15, 0.2) is 0 Å². The van der Waals surface area contributed by atoms with Crippen molar-refractivity contribution in [3.8, 4) is 0 Å². The summed E-state index contributed by atoms with van der Waals surface area (Å²) in [5.74, 6) is 1.01. The van der Waals surface area contributed by atoms with Crippen molar-refractivity contribution in [2.75, 3.05) is 6.54 Å². The van der Waals surface area contributed by atoms with Crippen LogP contribution >= 0.6 is 0 Å². The molecule has 1 aliphatic carbocycles. The van der Waals surface area contributed by atoms with Gasteiger partial charge in [-0.2, -0.15) is 0 Å². The summed E-state index contributed by atoms with van der Waals surface area (Å²) in [5, 5.41) is 3.37. The van der Waals surface area contributed by atoms with E-state index in [1.807, 2.05) is 0 Å². The predicted molar refractivity (Wildman–Crippen MR) is 62.4 cm³/mol.